The highest BCUT2D eigenvalue weighted by molar-refractivity contribution is 6.25. The molecule has 4 aromatic rings. The monoisotopic (exact) mass is 526 g/mol. The van der Waals surface area contributed by atoms with Crippen LogP contribution in [-0.2, 0) is 34.6 Å². The van der Waals surface area contributed by atoms with Crippen molar-refractivity contribution in [1.82, 2.24) is 0 Å². The Labute approximate surface area is 226 Å². The van der Waals surface area contributed by atoms with Crippen LogP contribution < -0.4 is 0 Å². The first-order valence-electron chi connectivity index (χ1n) is 13.1. The zero-order chi connectivity index (χ0) is 26.7. The predicted molar refractivity (Wildman–Crippen MR) is 148 cm³/mol. The second-order valence-corrected chi connectivity index (χ2v) is 10.0. The van der Waals surface area contributed by atoms with Crippen molar-refractivity contribution < 1.29 is 23.4 Å². The lowest BCUT2D eigenvalue weighted by Crippen LogP contribution is -2.36. The third-order valence-electron chi connectivity index (χ3n) is 6.67. The summed E-state index contributed by atoms with van der Waals surface area (Å²) in [4.78, 5) is 12.1. The molecule has 5 nitrogen and oxygen atoms in total. The quantitative estimate of drug-likeness (QED) is 0.0954. The smallest absolute Gasteiger partial charge is 0.326 e. The Bertz CT molecular complexity index is 1070. The molecule has 0 bridgehead atoms. The normalized spacial score (nSPS) is 11.6. The summed E-state index contributed by atoms with van der Waals surface area (Å²) in [6.07, 6.45) is 2.86. The van der Waals surface area contributed by atoms with Crippen LogP contribution in [0.5, 0.6) is 0 Å². The second-order valence-electron chi connectivity index (χ2n) is 9.20. The lowest BCUT2D eigenvalue weighted by molar-refractivity contribution is -0.352. The van der Waals surface area contributed by atoms with Gasteiger partial charge in [0.05, 0.1) is 0 Å². The topological polar surface area (TPSA) is 54.0 Å². The first-order chi connectivity index (χ1) is 18.6. The van der Waals surface area contributed by atoms with E-state index < -0.39 is 20.4 Å². The van der Waals surface area contributed by atoms with Crippen molar-refractivity contribution in [2.75, 3.05) is 0 Å². The molecule has 0 atom stereocenters. The summed E-state index contributed by atoms with van der Waals surface area (Å²) in [7, 11) is -3.21. The third-order valence-corrected chi connectivity index (χ3v) is 7.11. The van der Waals surface area contributed by atoms with E-state index in [1.165, 1.54) is 0 Å². The van der Waals surface area contributed by atoms with Crippen LogP contribution in [0.15, 0.2) is 121 Å². The Hall–Kier alpha value is -3.58. The molecule has 0 saturated heterocycles. The van der Waals surface area contributed by atoms with E-state index >= 15 is 0 Å². The summed E-state index contributed by atoms with van der Waals surface area (Å²) >= 11 is 0. The molecule has 0 amide bonds. The van der Waals surface area contributed by atoms with Gasteiger partial charge in [-0.1, -0.05) is 148 Å². The molecule has 0 aliphatic heterocycles. The Kier molecular flexibility index (Phi) is 9.60. The maximum absolute atomic E-state index is 13.2. The van der Waals surface area contributed by atoms with E-state index in [1.54, 1.807) is 0 Å². The van der Waals surface area contributed by atoms with Gasteiger partial charge in [-0.3, -0.25) is 4.46 Å². The molecular formula is C32H34O5Si. The highest BCUT2D eigenvalue weighted by Crippen LogP contribution is 2.40. The molecule has 0 aliphatic rings. The van der Waals surface area contributed by atoms with Crippen LogP contribution in [0.4, 0.5) is 0 Å². The molecule has 196 valence electrons. The predicted octanol–water partition coefficient (Wildman–Crippen LogP) is 7.79. The minimum atomic E-state index is -3.21. The van der Waals surface area contributed by atoms with Crippen molar-refractivity contribution in [2.45, 2.75) is 50.7 Å². The maximum atomic E-state index is 13.2. The van der Waals surface area contributed by atoms with E-state index in [2.05, 4.69) is 13.8 Å². The van der Waals surface area contributed by atoms with Crippen molar-refractivity contribution in [3.63, 3.8) is 0 Å². The van der Waals surface area contributed by atoms with Crippen LogP contribution in [0.2, 0.25) is 0 Å². The van der Waals surface area contributed by atoms with Crippen LogP contribution in [0.25, 0.3) is 0 Å². The van der Waals surface area contributed by atoms with Crippen LogP contribution >= 0.6 is 0 Å². The molecule has 0 heterocycles. The van der Waals surface area contributed by atoms with Crippen LogP contribution in [-0.4, -0.2) is 9.17 Å². The summed E-state index contributed by atoms with van der Waals surface area (Å²) < 4.78 is 24.2. The molecule has 0 spiro atoms. The number of hydrogen-bond acceptors (Lipinski definition) is 5. The molecule has 0 fully saturated rings. The molecule has 38 heavy (non-hydrogen) atoms. The van der Waals surface area contributed by atoms with Crippen molar-refractivity contribution in [1.29, 1.82) is 0 Å². The minimum absolute atomic E-state index is 0.616. The van der Waals surface area contributed by atoms with Gasteiger partial charge < -0.3 is 9.15 Å². The second kappa shape index (κ2) is 13.3. The Morgan fingerprint density at radius 2 is 0.763 bits per heavy atom. The molecule has 4 aromatic carbocycles. The van der Waals surface area contributed by atoms with Crippen molar-refractivity contribution in [3.8, 4) is 0 Å². The molecule has 0 N–H and O–H groups in total. The van der Waals surface area contributed by atoms with Crippen molar-refractivity contribution in [3.05, 3.63) is 144 Å². The fourth-order valence-electron chi connectivity index (χ4n) is 4.94. The van der Waals surface area contributed by atoms with E-state index in [0.29, 0.717) is 12.8 Å². The van der Waals surface area contributed by atoms with E-state index in [1.807, 2.05) is 121 Å². The molecule has 0 saturated carbocycles. The van der Waals surface area contributed by atoms with Gasteiger partial charge in [0.2, 0.25) is 0 Å². The van der Waals surface area contributed by atoms with Gasteiger partial charge in [0.25, 0.3) is 0 Å². The lowest BCUT2D eigenvalue weighted by Gasteiger charge is -2.34. The molecule has 0 aromatic heterocycles. The van der Waals surface area contributed by atoms with Crippen molar-refractivity contribution in [2.24, 2.45) is 0 Å². The largest absolute Gasteiger partial charge is 0.835 e. The third kappa shape index (κ3) is 6.10. The Morgan fingerprint density at radius 3 is 1.00 bits per heavy atom. The highest BCUT2D eigenvalue weighted by atomic mass is 28.3. The Balaban J connectivity index is 1.59. The van der Waals surface area contributed by atoms with E-state index in [-0.39, 0.29) is 0 Å². The molecule has 6 heteroatoms. The highest BCUT2D eigenvalue weighted by Gasteiger charge is 2.41. The number of hydrogen-bond donors (Lipinski definition) is 0. The zero-order valence-electron chi connectivity index (χ0n) is 21.9. The summed E-state index contributed by atoms with van der Waals surface area (Å²) in [5.74, 6) is 0. The first-order valence-corrected chi connectivity index (χ1v) is 14.3. The van der Waals surface area contributed by atoms with Crippen LogP contribution in [0.1, 0.15) is 61.8 Å². The van der Waals surface area contributed by atoms with Gasteiger partial charge in [0, 0.05) is 0 Å². The first kappa shape index (κ1) is 27.5. The van der Waals surface area contributed by atoms with Gasteiger partial charge in [-0.15, -0.1) is 0 Å². The average molecular weight is 527 g/mol. The minimum Gasteiger partial charge on any atom is -0.326 e. The van der Waals surface area contributed by atoms with E-state index in [9.17, 15) is 4.46 Å². The summed E-state index contributed by atoms with van der Waals surface area (Å²) in [5, 5.41) is 0. The van der Waals surface area contributed by atoms with Gasteiger partial charge in [0.15, 0.2) is 11.2 Å². The number of benzene rings is 4. The number of rotatable bonds is 14. The molecular weight excluding hydrogens is 492 g/mol. The molecule has 4 rings (SSSR count). The van der Waals surface area contributed by atoms with Gasteiger partial charge in [0.1, 0.15) is 0 Å². The average Bonchev–Trinajstić information content (AvgIpc) is 2.99. The fraction of sp³-hybridized carbons (Fsp3) is 0.250. The fourth-order valence-corrected chi connectivity index (χ4v) is 5.39. The van der Waals surface area contributed by atoms with E-state index in [4.69, 9.17) is 18.9 Å². The van der Waals surface area contributed by atoms with E-state index in [0.717, 1.165) is 35.1 Å². The molecule has 0 unspecified atom stereocenters. The standard InChI is InChI=1S/C32H34O5Si/c1-3-25-31(27-17-9-5-10-18-27,28-19-11-6-12-20-28)34-36-38(33)37-35-32(26-4-2,29-21-13-7-14-22-29)30-23-15-8-16-24-30/h5-24H,3-4,25-26H2,1-2H3. The zero-order valence-corrected chi connectivity index (χ0v) is 22.9. The molecule has 0 aliphatic carbocycles. The lowest BCUT2D eigenvalue weighted by atomic mass is 9.83. The van der Waals surface area contributed by atoms with Gasteiger partial charge in [-0.25, -0.2) is 0 Å². The summed E-state index contributed by atoms with van der Waals surface area (Å²) in [6, 6.07) is 39.3. The van der Waals surface area contributed by atoms with Gasteiger partial charge in [-0.05, 0) is 35.1 Å². The summed E-state index contributed by atoms with van der Waals surface area (Å²) in [5.41, 5.74) is 1.69. The summed E-state index contributed by atoms with van der Waals surface area (Å²) in [6.45, 7) is 4.15. The molecule has 0 radical (unpaired) electrons. The van der Waals surface area contributed by atoms with Gasteiger partial charge in [-0.2, -0.15) is 9.78 Å². The van der Waals surface area contributed by atoms with Crippen LogP contribution in [0.3, 0.4) is 0 Å². The SMILES string of the molecule is CCCC(OO[Si](=O)OOC(CCC)(c1ccccc1)c1ccccc1)(c1ccccc1)c1ccccc1. The Morgan fingerprint density at radius 1 is 0.500 bits per heavy atom. The van der Waals surface area contributed by atoms with Crippen LogP contribution in [0, 0.1) is 0 Å². The van der Waals surface area contributed by atoms with Crippen molar-refractivity contribution >= 4 is 9.17 Å². The maximum Gasteiger partial charge on any atom is 0.835 e. The van der Waals surface area contributed by atoms with Gasteiger partial charge >= 0.3 is 9.17 Å².